The fourth-order valence-electron chi connectivity index (χ4n) is 2.55. The number of anilines is 1. The first-order chi connectivity index (χ1) is 9.76. The van der Waals surface area contributed by atoms with Gasteiger partial charge in [0.2, 0.25) is 0 Å². The van der Waals surface area contributed by atoms with E-state index in [0.717, 1.165) is 30.8 Å². The fourth-order valence-corrected chi connectivity index (χ4v) is 2.55. The molecule has 2 rings (SSSR count). The molecular weight excluding hydrogens is 259 g/mol. The molecule has 1 aromatic carbocycles. The number of benzene rings is 1. The third-order valence-corrected chi connectivity index (χ3v) is 3.70. The lowest BCUT2D eigenvalue weighted by atomic mass is 10.1. The van der Waals surface area contributed by atoms with Crippen LogP contribution in [0.15, 0.2) is 18.2 Å². The second-order valence-electron chi connectivity index (χ2n) is 5.00. The highest BCUT2D eigenvalue weighted by Gasteiger charge is 2.24. The summed E-state index contributed by atoms with van der Waals surface area (Å²) in [5.74, 6) is -0.159. The second-order valence-corrected chi connectivity index (χ2v) is 5.00. The molecule has 1 heterocycles. The fraction of sp³-hybridized carbons (Fsp3) is 0.600. The molecule has 20 heavy (non-hydrogen) atoms. The van der Waals surface area contributed by atoms with Crippen molar-refractivity contribution >= 4 is 5.69 Å². The molecule has 1 fully saturated rings. The molecule has 1 aliphatic rings. The third-order valence-electron chi connectivity index (χ3n) is 3.70. The van der Waals surface area contributed by atoms with E-state index < -0.39 is 0 Å². The summed E-state index contributed by atoms with van der Waals surface area (Å²) in [5.41, 5.74) is 1.69. The van der Waals surface area contributed by atoms with Crippen molar-refractivity contribution in [2.24, 2.45) is 0 Å². The van der Waals surface area contributed by atoms with Gasteiger partial charge in [-0.15, -0.1) is 0 Å². The van der Waals surface area contributed by atoms with Crippen LogP contribution in [0.1, 0.15) is 12.0 Å². The molecule has 1 unspecified atom stereocenters. The summed E-state index contributed by atoms with van der Waals surface area (Å²) in [6.07, 6.45) is 1.23. The standard InChI is InChI=1S/C15H23FN2O2/c1-19-9-7-17-10-13-14(16)4-3-5-15(13)18-8-6-12(11-18)20-2/h3-5,12,17H,6-11H2,1-2H3. The molecule has 0 spiro atoms. The zero-order valence-electron chi connectivity index (χ0n) is 12.2. The zero-order chi connectivity index (χ0) is 14.4. The van der Waals surface area contributed by atoms with Crippen molar-refractivity contribution in [1.82, 2.24) is 5.32 Å². The molecule has 0 aliphatic carbocycles. The lowest BCUT2D eigenvalue weighted by molar-refractivity contribution is 0.121. The highest BCUT2D eigenvalue weighted by atomic mass is 19.1. The van der Waals surface area contributed by atoms with Crippen LogP contribution >= 0.6 is 0 Å². The molecular formula is C15H23FN2O2. The van der Waals surface area contributed by atoms with Crippen LogP contribution in [0.25, 0.3) is 0 Å². The van der Waals surface area contributed by atoms with Gasteiger partial charge in [-0.2, -0.15) is 0 Å². The van der Waals surface area contributed by atoms with Crippen LogP contribution in [0, 0.1) is 5.82 Å². The molecule has 0 bridgehead atoms. The first-order valence-corrected chi connectivity index (χ1v) is 7.01. The Morgan fingerprint density at radius 1 is 1.40 bits per heavy atom. The average molecular weight is 282 g/mol. The number of nitrogens with zero attached hydrogens (tertiary/aromatic N) is 1. The normalized spacial score (nSPS) is 18.8. The number of rotatable bonds is 7. The van der Waals surface area contributed by atoms with E-state index in [4.69, 9.17) is 9.47 Å². The topological polar surface area (TPSA) is 33.7 Å². The number of halogens is 1. The van der Waals surface area contributed by atoms with Crippen LogP contribution in [0.4, 0.5) is 10.1 Å². The summed E-state index contributed by atoms with van der Waals surface area (Å²) >= 11 is 0. The van der Waals surface area contributed by atoms with E-state index >= 15 is 0 Å². The minimum atomic E-state index is -0.159. The SMILES string of the molecule is COCCNCc1c(F)cccc1N1CCC(OC)C1. The maximum absolute atomic E-state index is 14.1. The van der Waals surface area contributed by atoms with Crippen LogP contribution in [0.3, 0.4) is 0 Å². The number of nitrogens with one attached hydrogen (secondary N) is 1. The van der Waals surface area contributed by atoms with E-state index in [1.807, 2.05) is 6.07 Å². The van der Waals surface area contributed by atoms with E-state index in [0.29, 0.717) is 19.7 Å². The summed E-state index contributed by atoms with van der Waals surface area (Å²) in [5, 5.41) is 3.21. The van der Waals surface area contributed by atoms with Gasteiger partial charge < -0.3 is 19.7 Å². The number of ether oxygens (including phenoxy) is 2. The van der Waals surface area contributed by atoms with Crippen molar-refractivity contribution in [3.63, 3.8) is 0 Å². The first-order valence-electron chi connectivity index (χ1n) is 7.01. The lowest BCUT2D eigenvalue weighted by Gasteiger charge is -2.22. The third kappa shape index (κ3) is 3.69. The van der Waals surface area contributed by atoms with E-state index in [9.17, 15) is 4.39 Å². The van der Waals surface area contributed by atoms with Crippen molar-refractivity contribution in [1.29, 1.82) is 0 Å². The lowest BCUT2D eigenvalue weighted by Crippen LogP contribution is -2.26. The molecule has 0 radical (unpaired) electrons. The Morgan fingerprint density at radius 2 is 2.25 bits per heavy atom. The van der Waals surface area contributed by atoms with Crippen LogP contribution in [-0.2, 0) is 16.0 Å². The molecule has 4 nitrogen and oxygen atoms in total. The minimum Gasteiger partial charge on any atom is -0.383 e. The van der Waals surface area contributed by atoms with Gasteiger partial charge in [-0.25, -0.2) is 4.39 Å². The number of methoxy groups -OCH3 is 2. The molecule has 112 valence electrons. The summed E-state index contributed by atoms with van der Waals surface area (Å²) in [6, 6.07) is 5.26. The van der Waals surface area contributed by atoms with Gasteiger partial charge in [-0.1, -0.05) is 6.07 Å². The monoisotopic (exact) mass is 282 g/mol. The molecule has 5 heteroatoms. The van der Waals surface area contributed by atoms with Gasteiger partial charge >= 0.3 is 0 Å². The largest absolute Gasteiger partial charge is 0.383 e. The summed E-state index contributed by atoms with van der Waals surface area (Å²) in [7, 11) is 3.39. The van der Waals surface area contributed by atoms with Crippen LogP contribution in [0.5, 0.6) is 0 Å². The molecule has 1 N–H and O–H groups in total. The predicted molar refractivity (Wildman–Crippen MR) is 77.6 cm³/mol. The van der Waals surface area contributed by atoms with Crippen LogP contribution < -0.4 is 10.2 Å². The van der Waals surface area contributed by atoms with Gasteiger partial charge in [0.15, 0.2) is 0 Å². The number of hydrogen-bond donors (Lipinski definition) is 1. The Hall–Kier alpha value is -1.17. The maximum atomic E-state index is 14.1. The van der Waals surface area contributed by atoms with Gasteiger partial charge in [-0.3, -0.25) is 0 Å². The summed E-state index contributed by atoms with van der Waals surface area (Å²) < 4.78 is 24.4. The minimum absolute atomic E-state index is 0.159. The van der Waals surface area contributed by atoms with Gasteiger partial charge in [-0.05, 0) is 18.6 Å². The molecule has 0 saturated carbocycles. The van der Waals surface area contributed by atoms with Crippen molar-refractivity contribution in [3.05, 3.63) is 29.6 Å². The Morgan fingerprint density at radius 3 is 2.95 bits per heavy atom. The van der Waals surface area contributed by atoms with E-state index in [1.54, 1.807) is 20.3 Å². The molecule has 1 aliphatic heterocycles. The van der Waals surface area contributed by atoms with E-state index in [2.05, 4.69) is 10.2 Å². The number of hydrogen-bond acceptors (Lipinski definition) is 4. The highest BCUT2D eigenvalue weighted by molar-refractivity contribution is 5.55. The van der Waals surface area contributed by atoms with Gasteiger partial charge in [0.1, 0.15) is 5.82 Å². The molecule has 0 amide bonds. The van der Waals surface area contributed by atoms with Gasteiger partial charge in [0.25, 0.3) is 0 Å². The smallest absolute Gasteiger partial charge is 0.129 e. The highest BCUT2D eigenvalue weighted by Crippen LogP contribution is 2.27. The van der Waals surface area contributed by atoms with Crippen LogP contribution in [0.2, 0.25) is 0 Å². The second kappa shape index (κ2) is 7.57. The Kier molecular flexibility index (Phi) is 5.76. The van der Waals surface area contributed by atoms with E-state index in [1.165, 1.54) is 6.07 Å². The Bertz CT molecular complexity index is 428. The average Bonchev–Trinajstić information content (AvgIpc) is 2.93. The van der Waals surface area contributed by atoms with Crippen molar-refractivity contribution < 1.29 is 13.9 Å². The van der Waals surface area contributed by atoms with Crippen molar-refractivity contribution in [2.45, 2.75) is 19.1 Å². The van der Waals surface area contributed by atoms with Crippen molar-refractivity contribution in [2.75, 3.05) is 45.4 Å². The van der Waals surface area contributed by atoms with Crippen LogP contribution in [-0.4, -0.2) is 46.6 Å². The molecule has 0 aromatic heterocycles. The summed E-state index contributed by atoms with van der Waals surface area (Å²) in [6.45, 7) is 3.59. The predicted octanol–water partition coefficient (Wildman–Crippen LogP) is 1.79. The van der Waals surface area contributed by atoms with Gasteiger partial charge in [0.05, 0.1) is 12.7 Å². The maximum Gasteiger partial charge on any atom is 0.129 e. The first kappa shape index (κ1) is 15.2. The Labute approximate surface area is 119 Å². The quantitative estimate of drug-likeness (QED) is 0.773. The van der Waals surface area contributed by atoms with Gasteiger partial charge in [0, 0.05) is 51.6 Å². The molecule has 1 saturated heterocycles. The molecule has 1 atom stereocenters. The Balaban J connectivity index is 2.06. The van der Waals surface area contributed by atoms with Crippen molar-refractivity contribution in [3.8, 4) is 0 Å². The zero-order valence-corrected chi connectivity index (χ0v) is 12.2. The molecule has 1 aromatic rings. The van der Waals surface area contributed by atoms with E-state index in [-0.39, 0.29) is 11.9 Å². The summed E-state index contributed by atoms with van der Waals surface area (Å²) in [4.78, 5) is 2.20.